The molecule has 0 bridgehead atoms. The number of carboxylic acid groups (broad SMARTS) is 1. The van der Waals surface area contributed by atoms with Gasteiger partial charge in [0.2, 0.25) is 0 Å². The van der Waals surface area contributed by atoms with Crippen molar-refractivity contribution in [1.29, 1.82) is 0 Å². The van der Waals surface area contributed by atoms with E-state index in [2.05, 4.69) is 5.32 Å². The summed E-state index contributed by atoms with van der Waals surface area (Å²) in [6.45, 7) is 0.419. The highest BCUT2D eigenvalue weighted by Crippen LogP contribution is 2.26. The molecule has 1 atom stereocenters. The zero-order chi connectivity index (χ0) is 14.3. The van der Waals surface area contributed by atoms with Gasteiger partial charge in [-0.2, -0.15) is 11.8 Å². The van der Waals surface area contributed by atoms with E-state index >= 15 is 0 Å². The summed E-state index contributed by atoms with van der Waals surface area (Å²) in [5, 5.41) is 21.6. The molecule has 19 heavy (non-hydrogen) atoms. The Labute approximate surface area is 117 Å². The van der Waals surface area contributed by atoms with Crippen molar-refractivity contribution in [2.24, 2.45) is 0 Å². The van der Waals surface area contributed by atoms with E-state index in [4.69, 9.17) is 9.84 Å². The number of hydrogen-bond acceptors (Lipinski definition) is 5. The Bertz CT molecular complexity index is 425. The van der Waals surface area contributed by atoms with Gasteiger partial charge in [0.05, 0.1) is 7.11 Å². The van der Waals surface area contributed by atoms with Crippen LogP contribution in [0, 0.1) is 0 Å². The molecule has 0 heterocycles. The van der Waals surface area contributed by atoms with Crippen LogP contribution in [0.4, 0.5) is 0 Å². The van der Waals surface area contributed by atoms with Crippen LogP contribution >= 0.6 is 11.8 Å². The van der Waals surface area contributed by atoms with Crippen molar-refractivity contribution in [3.05, 3.63) is 23.8 Å². The lowest BCUT2D eigenvalue weighted by molar-refractivity contribution is -0.139. The van der Waals surface area contributed by atoms with Gasteiger partial charge in [-0.15, -0.1) is 0 Å². The summed E-state index contributed by atoms with van der Waals surface area (Å²) in [6.07, 6.45) is 2.52. The van der Waals surface area contributed by atoms with Crippen molar-refractivity contribution in [3.8, 4) is 11.5 Å². The molecular weight excluding hydrogens is 266 g/mol. The summed E-state index contributed by atoms with van der Waals surface area (Å²) >= 11 is 1.62. The van der Waals surface area contributed by atoms with Crippen LogP contribution in [0.25, 0.3) is 0 Å². The van der Waals surface area contributed by atoms with Gasteiger partial charge in [0.25, 0.3) is 0 Å². The number of phenols is 1. The first kappa shape index (κ1) is 15.7. The van der Waals surface area contributed by atoms with Crippen LogP contribution < -0.4 is 10.1 Å². The van der Waals surface area contributed by atoms with E-state index < -0.39 is 12.0 Å². The average Bonchev–Trinajstić information content (AvgIpc) is 2.40. The molecule has 0 fully saturated rings. The van der Waals surface area contributed by atoms with Crippen LogP contribution in [0.1, 0.15) is 12.0 Å². The fraction of sp³-hybridized carbons (Fsp3) is 0.462. The highest BCUT2D eigenvalue weighted by molar-refractivity contribution is 7.98. The van der Waals surface area contributed by atoms with Gasteiger partial charge in [0.15, 0.2) is 11.5 Å². The number of aliphatic carboxylic acids is 1. The van der Waals surface area contributed by atoms with Gasteiger partial charge in [-0.1, -0.05) is 6.07 Å². The van der Waals surface area contributed by atoms with Crippen molar-refractivity contribution in [3.63, 3.8) is 0 Å². The number of thioether (sulfide) groups is 1. The van der Waals surface area contributed by atoms with Crippen LogP contribution in [0.15, 0.2) is 18.2 Å². The second-order valence-electron chi connectivity index (χ2n) is 4.06. The lowest BCUT2D eigenvalue weighted by atomic mass is 10.1. The Morgan fingerprint density at radius 3 is 2.84 bits per heavy atom. The minimum Gasteiger partial charge on any atom is -0.504 e. The van der Waals surface area contributed by atoms with E-state index in [0.717, 1.165) is 11.3 Å². The maximum atomic E-state index is 11.1. The number of phenolic OH excluding ortho intramolecular Hbond substituents is 1. The van der Waals surface area contributed by atoms with E-state index in [0.29, 0.717) is 18.7 Å². The predicted octanol–water partition coefficient (Wildman–Crippen LogP) is 1.70. The Morgan fingerprint density at radius 1 is 1.53 bits per heavy atom. The Balaban J connectivity index is 2.61. The summed E-state index contributed by atoms with van der Waals surface area (Å²) in [7, 11) is 1.48. The molecule has 0 saturated heterocycles. The van der Waals surface area contributed by atoms with Crippen LogP contribution in [-0.4, -0.2) is 41.3 Å². The number of rotatable bonds is 8. The molecule has 106 valence electrons. The van der Waals surface area contributed by atoms with Crippen LogP contribution in [0.3, 0.4) is 0 Å². The smallest absolute Gasteiger partial charge is 0.320 e. The second kappa shape index (κ2) is 7.91. The molecule has 0 radical (unpaired) electrons. The number of carbonyl (C=O) groups is 1. The lowest BCUT2D eigenvalue weighted by Gasteiger charge is -2.14. The van der Waals surface area contributed by atoms with Crippen molar-refractivity contribution < 1.29 is 19.7 Å². The first-order chi connectivity index (χ1) is 9.08. The highest BCUT2D eigenvalue weighted by Gasteiger charge is 2.16. The number of hydrogen-bond donors (Lipinski definition) is 3. The molecule has 0 aliphatic rings. The van der Waals surface area contributed by atoms with Crippen molar-refractivity contribution in [2.75, 3.05) is 19.1 Å². The summed E-state index contributed by atoms with van der Waals surface area (Å²) in [5.74, 6) is 0.404. The fourth-order valence-electron chi connectivity index (χ4n) is 1.62. The molecule has 1 rings (SSSR count). The van der Waals surface area contributed by atoms with Gasteiger partial charge in [-0.25, -0.2) is 0 Å². The second-order valence-corrected chi connectivity index (χ2v) is 5.04. The third kappa shape index (κ3) is 5.00. The Hall–Kier alpha value is -1.40. The summed E-state index contributed by atoms with van der Waals surface area (Å²) in [4.78, 5) is 11.1. The monoisotopic (exact) mass is 285 g/mol. The Morgan fingerprint density at radius 2 is 2.26 bits per heavy atom. The SMILES string of the molecule is COc1cc(CNC(CCSC)C(=O)O)ccc1O. The maximum Gasteiger partial charge on any atom is 0.320 e. The van der Waals surface area contributed by atoms with Crippen molar-refractivity contribution in [2.45, 2.75) is 19.0 Å². The van der Waals surface area contributed by atoms with E-state index in [9.17, 15) is 9.90 Å². The molecule has 0 aliphatic heterocycles. The molecule has 5 nitrogen and oxygen atoms in total. The first-order valence-corrected chi connectivity index (χ1v) is 7.29. The molecule has 6 heteroatoms. The van der Waals surface area contributed by atoms with E-state index in [1.165, 1.54) is 13.2 Å². The maximum absolute atomic E-state index is 11.1. The standard InChI is InChI=1S/C13H19NO4S/c1-18-12-7-9(3-4-11(12)15)8-14-10(13(16)17)5-6-19-2/h3-4,7,10,14-15H,5-6,8H2,1-2H3,(H,16,17). The van der Waals surface area contributed by atoms with Gasteiger partial charge in [-0.3, -0.25) is 4.79 Å². The normalized spacial score (nSPS) is 12.1. The first-order valence-electron chi connectivity index (χ1n) is 5.89. The topological polar surface area (TPSA) is 78.8 Å². The quantitative estimate of drug-likeness (QED) is 0.674. The van der Waals surface area contributed by atoms with Gasteiger partial charge in [0, 0.05) is 6.54 Å². The number of aromatic hydroxyl groups is 1. The number of ether oxygens (including phenoxy) is 1. The molecule has 0 aliphatic carbocycles. The molecule has 3 N–H and O–H groups in total. The summed E-state index contributed by atoms with van der Waals surface area (Å²) < 4.78 is 5.01. The minimum atomic E-state index is -0.847. The summed E-state index contributed by atoms with van der Waals surface area (Å²) in [6, 6.07) is 4.40. The number of methoxy groups -OCH3 is 1. The largest absolute Gasteiger partial charge is 0.504 e. The lowest BCUT2D eigenvalue weighted by Crippen LogP contribution is -2.36. The minimum absolute atomic E-state index is 0.0726. The fourth-order valence-corrected chi connectivity index (χ4v) is 2.09. The van der Waals surface area contributed by atoms with Gasteiger partial charge in [-0.05, 0) is 36.1 Å². The predicted molar refractivity (Wildman–Crippen MR) is 75.9 cm³/mol. The number of benzene rings is 1. The Kier molecular flexibility index (Phi) is 6.52. The zero-order valence-corrected chi connectivity index (χ0v) is 11.9. The number of nitrogens with one attached hydrogen (secondary N) is 1. The average molecular weight is 285 g/mol. The zero-order valence-electron chi connectivity index (χ0n) is 11.0. The van der Waals surface area contributed by atoms with Crippen molar-refractivity contribution >= 4 is 17.7 Å². The van der Waals surface area contributed by atoms with E-state index in [1.807, 2.05) is 6.26 Å². The van der Waals surface area contributed by atoms with Gasteiger partial charge >= 0.3 is 5.97 Å². The number of carboxylic acids is 1. The molecule has 0 spiro atoms. The van der Waals surface area contributed by atoms with Gasteiger partial charge in [0.1, 0.15) is 6.04 Å². The molecule has 1 unspecified atom stereocenters. The van der Waals surface area contributed by atoms with E-state index in [-0.39, 0.29) is 5.75 Å². The molecule has 1 aromatic carbocycles. The third-order valence-electron chi connectivity index (χ3n) is 2.71. The van der Waals surface area contributed by atoms with Crippen LogP contribution in [0.2, 0.25) is 0 Å². The van der Waals surface area contributed by atoms with Gasteiger partial charge < -0.3 is 20.3 Å². The van der Waals surface area contributed by atoms with Crippen LogP contribution in [-0.2, 0) is 11.3 Å². The van der Waals surface area contributed by atoms with Crippen LogP contribution in [0.5, 0.6) is 11.5 Å². The highest BCUT2D eigenvalue weighted by atomic mass is 32.2. The molecule has 0 amide bonds. The molecule has 0 saturated carbocycles. The molecule has 0 aromatic heterocycles. The molecular formula is C13H19NO4S. The van der Waals surface area contributed by atoms with E-state index in [1.54, 1.807) is 23.9 Å². The summed E-state index contributed by atoms with van der Waals surface area (Å²) in [5.41, 5.74) is 0.866. The van der Waals surface area contributed by atoms with Crippen molar-refractivity contribution in [1.82, 2.24) is 5.32 Å². The molecule has 1 aromatic rings. The third-order valence-corrected chi connectivity index (χ3v) is 3.35.